The van der Waals surface area contributed by atoms with Gasteiger partial charge in [0.15, 0.2) is 5.82 Å². The van der Waals surface area contributed by atoms with Crippen LogP contribution in [-0.4, -0.2) is 12.1 Å². The van der Waals surface area contributed by atoms with E-state index in [9.17, 15) is 8.78 Å². The summed E-state index contributed by atoms with van der Waals surface area (Å²) in [5.74, 6) is -1.40. The van der Waals surface area contributed by atoms with Crippen molar-refractivity contribution in [2.45, 2.75) is 0 Å². The molecule has 0 radical (unpaired) electrons. The summed E-state index contributed by atoms with van der Waals surface area (Å²) in [5.41, 5.74) is 5.97. The van der Waals surface area contributed by atoms with Crippen LogP contribution in [0.25, 0.3) is 11.1 Å². The van der Waals surface area contributed by atoms with Gasteiger partial charge < -0.3 is 10.5 Å². The Morgan fingerprint density at radius 1 is 1.22 bits per heavy atom. The SMILES string of the molecule is COc1ncc(-c2cc(F)c(N)cc2Cl)cc1F. The van der Waals surface area contributed by atoms with Crippen LogP contribution in [-0.2, 0) is 0 Å². The first-order valence-electron chi connectivity index (χ1n) is 4.97. The van der Waals surface area contributed by atoms with Gasteiger partial charge in [-0.15, -0.1) is 0 Å². The zero-order valence-electron chi connectivity index (χ0n) is 9.38. The van der Waals surface area contributed by atoms with Crippen LogP contribution in [0.5, 0.6) is 5.88 Å². The second-order valence-corrected chi connectivity index (χ2v) is 3.98. The average Bonchev–Trinajstić information content (AvgIpc) is 2.33. The number of pyridine rings is 1. The first kappa shape index (κ1) is 12.6. The predicted octanol–water partition coefficient (Wildman–Crippen LogP) is 3.27. The molecule has 0 aliphatic heterocycles. The van der Waals surface area contributed by atoms with E-state index in [0.717, 1.165) is 6.07 Å². The minimum absolute atomic E-state index is 0.0642. The van der Waals surface area contributed by atoms with Gasteiger partial charge in [-0.05, 0) is 18.2 Å². The lowest BCUT2D eigenvalue weighted by Crippen LogP contribution is -1.95. The van der Waals surface area contributed by atoms with E-state index >= 15 is 0 Å². The molecule has 0 aliphatic rings. The van der Waals surface area contributed by atoms with E-state index in [-0.39, 0.29) is 16.6 Å². The summed E-state index contributed by atoms with van der Waals surface area (Å²) in [6, 6.07) is 3.58. The number of rotatable bonds is 2. The summed E-state index contributed by atoms with van der Waals surface area (Å²) in [5, 5.41) is 0.222. The predicted molar refractivity (Wildman–Crippen MR) is 65.6 cm³/mol. The number of hydrogen-bond acceptors (Lipinski definition) is 3. The molecule has 1 aromatic carbocycles. The van der Waals surface area contributed by atoms with Crippen molar-refractivity contribution in [1.82, 2.24) is 4.98 Å². The lowest BCUT2D eigenvalue weighted by molar-refractivity contribution is 0.369. The molecule has 0 atom stereocenters. The molecule has 0 fully saturated rings. The van der Waals surface area contributed by atoms with Gasteiger partial charge in [0.05, 0.1) is 17.8 Å². The smallest absolute Gasteiger partial charge is 0.250 e. The van der Waals surface area contributed by atoms with Crippen LogP contribution < -0.4 is 10.5 Å². The van der Waals surface area contributed by atoms with Gasteiger partial charge >= 0.3 is 0 Å². The van der Waals surface area contributed by atoms with Crippen molar-refractivity contribution in [2.75, 3.05) is 12.8 Å². The molecule has 2 rings (SSSR count). The zero-order valence-corrected chi connectivity index (χ0v) is 10.1. The van der Waals surface area contributed by atoms with Gasteiger partial charge in [-0.25, -0.2) is 13.8 Å². The minimum atomic E-state index is -0.650. The Labute approximate surface area is 107 Å². The van der Waals surface area contributed by atoms with Gasteiger partial charge in [0.1, 0.15) is 5.82 Å². The van der Waals surface area contributed by atoms with E-state index in [1.807, 2.05) is 0 Å². The summed E-state index contributed by atoms with van der Waals surface area (Å²) in [6.07, 6.45) is 1.35. The molecule has 0 saturated carbocycles. The van der Waals surface area contributed by atoms with Crippen molar-refractivity contribution in [2.24, 2.45) is 0 Å². The third-order valence-electron chi connectivity index (χ3n) is 2.40. The van der Waals surface area contributed by atoms with Gasteiger partial charge in [0.25, 0.3) is 0 Å². The molecule has 18 heavy (non-hydrogen) atoms. The molecule has 3 nitrogen and oxygen atoms in total. The second-order valence-electron chi connectivity index (χ2n) is 3.57. The lowest BCUT2D eigenvalue weighted by Gasteiger charge is -2.08. The zero-order chi connectivity index (χ0) is 13.3. The third kappa shape index (κ3) is 2.22. The van der Waals surface area contributed by atoms with Crippen molar-refractivity contribution in [1.29, 1.82) is 0 Å². The Morgan fingerprint density at radius 2 is 1.94 bits per heavy atom. The Hall–Kier alpha value is -1.88. The number of nitrogens with two attached hydrogens (primary N) is 1. The van der Waals surface area contributed by atoms with Gasteiger partial charge in [-0.1, -0.05) is 11.6 Å². The first-order valence-corrected chi connectivity index (χ1v) is 5.35. The fraction of sp³-hybridized carbons (Fsp3) is 0.0833. The molecule has 0 saturated heterocycles. The molecule has 0 aliphatic carbocycles. The maximum atomic E-state index is 13.5. The van der Waals surface area contributed by atoms with E-state index in [4.69, 9.17) is 22.1 Å². The monoisotopic (exact) mass is 270 g/mol. The van der Waals surface area contributed by atoms with Crippen LogP contribution in [0.4, 0.5) is 14.5 Å². The molecule has 0 spiro atoms. The van der Waals surface area contributed by atoms with E-state index < -0.39 is 11.6 Å². The van der Waals surface area contributed by atoms with Crippen molar-refractivity contribution in [3.63, 3.8) is 0 Å². The molecule has 2 N–H and O–H groups in total. The molecule has 0 amide bonds. The third-order valence-corrected chi connectivity index (χ3v) is 2.71. The van der Waals surface area contributed by atoms with Crippen molar-refractivity contribution < 1.29 is 13.5 Å². The standard InChI is InChI=1S/C12H9ClF2N2O/c1-18-12-10(15)2-6(5-17-12)7-3-9(14)11(16)4-8(7)13/h2-5H,16H2,1H3. The normalized spacial score (nSPS) is 10.4. The number of halogens is 3. The Morgan fingerprint density at radius 3 is 2.56 bits per heavy atom. The van der Waals surface area contributed by atoms with Crippen LogP contribution in [0.15, 0.2) is 24.4 Å². The highest BCUT2D eigenvalue weighted by atomic mass is 35.5. The molecule has 6 heteroatoms. The molecule has 0 bridgehead atoms. The average molecular weight is 271 g/mol. The first-order chi connectivity index (χ1) is 8.52. The summed E-state index contributed by atoms with van der Waals surface area (Å²) >= 11 is 5.93. The number of hydrogen-bond donors (Lipinski definition) is 1. The summed E-state index contributed by atoms with van der Waals surface area (Å²) < 4.78 is 31.6. The van der Waals surface area contributed by atoms with Crippen LogP contribution in [0.2, 0.25) is 5.02 Å². The fourth-order valence-electron chi connectivity index (χ4n) is 1.51. The van der Waals surface area contributed by atoms with E-state index in [0.29, 0.717) is 11.1 Å². The number of methoxy groups -OCH3 is 1. The number of ether oxygens (including phenoxy) is 1. The molecule has 1 heterocycles. The van der Waals surface area contributed by atoms with Crippen LogP contribution in [0, 0.1) is 11.6 Å². The largest absolute Gasteiger partial charge is 0.479 e. The lowest BCUT2D eigenvalue weighted by atomic mass is 10.1. The van der Waals surface area contributed by atoms with Gasteiger partial charge in [0.2, 0.25) is 5.88 Å². The maximum Gasteiger partial charge on any atom is 0.250 e. The molecule has 0 unspecified atom stereocenters. The number of aromatic nitrogens is 1. The Bertz CT molecular complexity index is 605. The van der Waals surface area contributed by atoms with Crippen molar-refractivity contribution in [3.05, 3.63) is 41.1 Å². The topological polar surface area (TPSA) is 48.1 Å². The summed E-state index contributed by atoms with van der Waals surface area (Å²) in [7, 11) is 1.31. The molecular weight excluding hydrogens is 262 g/mol. The number of anilines is 1. The summed E-state index contributed by atoms with van der Waals surface area (Å²) in [6.45, 7) is 0. The maximum absolute atomic E-state index is 13.5. The highest BCUT2D eigenvalue weighted by Gasteiger charge is 2.12. The second kappa shape index (κ2) is 4.78. The minimum Gasteiger partial charge on any atom is -0.479 e. The van der Waals surface area contributed by atoms with Gasteiger partial charge in [-0.2, -0.15) is 0 Å². The number of nitrogen functional groups attached to an aromatic ring is 1. The number of nitrogens with zero attached hydrogens (tertiary/aromatic N) is 1. The van der Waals surface area contributed by atoms with Crippen molar-refractivity contribution >= 4 is 17.3 Å². The fourth-order valence-corrected chi connectivity index (χ4v) is 1.79. The molecule has 94 valence electrons. The number of benzene rings is 1. The van der Waals surface area contributed by atoms with Gasteiger partial charge in [0, 0.05) is 17.3 Å². The van der Waals surface area contributed by atoms with E-state index in [2.05, 4.69) is 4.98 Å². The quantitative estimate of drug-likeness (QED) is 0.852. The van der Waals surface area contributed by atoms with Crippen LogP contribution in [0.3, 0.4) is 0 Å². The van der Waals surface area contributed by atoms with E-state index in [1.54, 1.807) is 0 Å². The van der Waals surface area contributed by atoms with Gasteiger partial charge in [-0.3, -0.25) is 0 Å². The van der Waals surface area contributed by atoms with Crippen LogP contribution in [0.1, 0.15) is 0 Å². The summed E-state index contributed by atoms with van der Waals surface area (Å²) in [4.78, 5) is 3.76. The van der Waals surface area contributed by atoms with Crippen LogP contribution >= 0.6 is 11.6 Å². The molecule has 2 aromatic rings. The highest BCUT2D eigenvalue weighted by molar-refractivity contribution is 6.33. The highest BCUT2D eigenvalue weighted by Crippen LogP contribution is 2.32. The van der Waals surface area contributed by atoms with E-state index in [1.165, 1.54) is 25.4 Å². The Balaban J connectivity index is 2.55. The van der Waals surface area contributed by atoms with Crippen molar-refractivity contribution in [3.8, 4) is 17.0 Å². The molecule has 1 aromatic heterocycles. The Kier molecular flexibility index (Phi) is 3.34. The molecular formula is C12H9ClF2N2O.